The largest absolute Gasteiger partial charge is 0.360 e. The number of aromatic amines is 1. The summed E-state index contributed by atoms with van der Waals surface area (Å²) in [4.78, 5) is 15.2. The van der Waals surface area contributed by atoms with Crippen LogP contribution in [-0.2, 0) is 13.0 Å². The van der Waals surface area contributed by atoms with E-state index < -0.39 is 0 Å². The highest BCUT2D eigenvalue weighted by atomic mass is 35.5. The van der Waals surface area contributed by atoms with E-state index in [2.05, 4.69) is 68.8 Å². The van der Waals surface area contributed by atoms with Gasteiger partial charge in [-0.1, -0.05) is 36.7 Å². The summed E-state index contributed by atoms with van der Waals surface area (Å²) < 4.78 is 0. The molecular weight excluding hydrogens is 456 g/mol. The fourth-order valence-electron chi connectivity index (χ4n) is 5.00. The molecule has 4 aromatic rings. The molecule has 1 aliphatic carbocycles. The highest BCUT2D eigenvalue weighted by Crippen LogP contribution is 2.42. The number of rotatable bonds is 7. The van der Waals surface area contributed by atoms with Gasteiger partial charge in [-0.15, -0.1) is 0 Å². The maximum Gasteiger partial charge on any atom is 0.227 e. The molecule has 0 unspecified atom stereocenters. The van der Waals surface area contributed by atoms with Crippen molar-refractivity contribution < 1.29 is 0 Å². The maximum absolute atomic E-state index is 6.58. The molecule has 0 atom stereocenters. The fourth-order valence-corrected chi connectivity index (χ4v) is 5.19. The molecular formula is C28H31ClN6. The molecule has 35 heavy (non-hydrogen) atoms. The summed E-state index contributed by atoms with van der Waals surface area (Å²) in [7, 11) is 0. The van der Waals surface area contributed by atoms with E-state index in [9.17, 15) is 0 Å². The minimum absolute atomic E-state index is 0.544. The predicted octanol–water partition coefficient (Wildman–Crippen LogP) is 5.87. The molecule has 2 aliphatic rings. The summed E-state index contributed by atoms with van der Waals surface area (Å²) in [5, 5.41) is 8.57. The molecule has 1 saturated heterocycles. The topological polar surface area (TPSA) is 68.9 Å². The number of hydrogen-bond acceptors (Lipinski definition) is 5. The van der Waals surface area contributed by atoms with Gasteiger partial charge in [0.1, 0.15) is 0 Å². The highest BCUT2D eigenvalue weighted by molar-refractivity contribution is 6.33. The van der Waals surface area contributed by atoms with Crippen LogP contribution in [0.3, 0.4) is 0 Å². The minimum atomic E-state index is 0.544. The van der Waals surface area contributed by atoms with Gasteiger partial charge >= 0.3 is 0 Å². The molecule has 3 N–H and O–H groups in total. The fraction of sp³-hybridized carbons (Fsp3) is 0.357. The van der Waals surface area contributed by atoms with Crippen molar-refractivity contribution in [1.29, 1.82) is 0 Å². The van der Waals surface area contributed by atoms with E-state index in [0.29, 0.717) is 16.9 Å². The van der Waals surface area contributed by atoms with Gasteiger partial charge in [-0.3, -0.25) is 4.90 Å². The maximum atomic E-state index is 6.58. The third-order valence-electron chi connectivity index (χ3n) is 7.09. The van der Waals surface area contributed by atoms with Gasteiger partial charge in [-0.05, 0) is 60.1 Å². The Morgan fingerprint density at radius 3 is 2.74 bits per heavy atom. The average molecular weight is 487 g/mol. The Morgan fingerprint density at radius 2 is 1.94 bits per heavy atom. The van der Waals surface area contributed by atoms with Gasteiger partial charge in [0, 0.05) is 61.1 Å². The molecule has 1 saturated carbocycles. The van der Waals surface area contributed by atoms with Crippen LogP contribution in [0.2, 0.25) is 5.02 Å². The number of anilines is 2. The Kier molecular flexibility index (Phi) is 6.19. The average Bonchev–Trinajstić information content (AvgIpc) is 3.65. The van der Waals surface area contributed by atoms with Crippen molar-refractivity contribution in [3.05, 3.63) is 70.5 Å². The lowest BCUT2D eigenvalue weighted by Crippen LogP contribution is -2.42. The molecule has 0 bridgehead atoms. The first-order valence-electron chi connectivity index (χ1n) is 12.6. The number of H-pyrrole nitrogens is 1. The monoisotopic (exact) mass is 486 g/mol. The van der Waals surface area contributed by atoms with E-state index in [1.165, 1.54) is 29.5 Å². The number of piperazine rings is 1. The zero-order chi connectivity index (χ0) is 23.8. The van der Waals surface area contributed by atoms with E-state index >= 15 is 0 Å². The third-order valence-corrected chi connectivity index (χ3v) is 7.37. The quantitative estimate of drug-likeness (QED) is 0.305. The van der Waals surface area contributed by atoms with Crippen LogP contribution >= 0.6 is 11.6 Å². The second-order valence-corrected chi connectivity index (χ2v) is 10.1. The number of aryl methyl sites for hydroxylation is 1. The zero-order valence-corrected chi connectivity index (χ0v) is 20.8. The van der Waals surface area contributed by atoms with Crippen molar-refractivity contribution in [3.63, 3.8) is 0 Å². The lowest BCUT2D eigenvalue weighted by atomic mass is 10.0. The highest BCUT2D eigenvalue weighted by Gasteiger charge is 2.25. The molecule has 0 amide bonds. The number of halogens is 1. The number of fused-ring (bicyclic) bond motifs is 1. The molecule has 7 heteroatoms. The smallest absolute Gasteiger partial charge is 0.227 e. The van der Waals surface area contributed by atoms with Crippen LogP contribution < -0.4 is 10.6 Å². The molecule has 2 fully saturated rings. The van der Waals surface area contributed by atoms with Gasteiger partial charge in [-0.2, -0.15) is 0 Å². The van der Waals surface area contributed by atoms with Crippen molar-refractivity contribution in [1.82, 2.24) is 25.2 Å². The standard InChI is InChI=1S/C28H31ClN6/c1-2-18-3-6-23-24(15-31-26(23)13-18)27-25(29)16-32-28(34-27)33-22-12-19(11-21(14-22)20-4-5-20)17-35-9-7-30-8-10-35/h3,6,11-16,20,30-31H,2,4-5,7-10,17H2,1H3,(H,32,33,34). The van der Waals surface area contributed by atoms with Crippen LogP contribution in [0.4, 0.5) is 11.6 Å². The lowest BCUT2D eigenvalue weighted by molar-refractivity contribution is 0.233. The molecule has 2 aromatic heterocycles. The van der Waals surface area contributed by atoms with Gasteiger partial charge < -0.3 is 15.6 Å². The Balaban J connectivity index is 1.30. The second-order valence-electron chi connectivity index (χ2n) is 9.71. The molecule has 6 rings (SSSR count). The predicted molar refractivity (Wildman–Crippen MR) is 144 cm³/mol. The third kappa shape index (κ3) is 4.92. The van der Waals surface area contributed by atoms with Crippen LogP contribution in [0.15, 0.2) is 48.8 Å². The van der Waals surface area contributed by atoms with Crippen LogP contribution in [0.1, 0.15) is 42.4 Å². The summed E-state index contributed by atoms with van der Waals surface area (Å²) in [6.45, 7) is 7.43. The lowest BCUT2D eigenvalue weighted by Gasteiger charge is -2.27. The molecule has 0 radical (unpaired) electrons. The van der Waals surface area contributed by atoms with E-state index in [0.717, 1.165) is 67.0 Å². The number of hydrogen-bond donors (Lipinski definition) is 3. The van der Waals surface area contributed by atoms with E-state index in [4.69, 9.17) is 16.6 Å². The van der Waals surface area contributed by atoms with Crippen molar-refractivity contribution in [3.8, 4) is 11.3 Å². The minimum Gasteiger partial charge on any atom is -0.360 e. The Bertz CT molecular complexity index is 1350. The summed E-state index contributed by atoms with van der Waals surface area (Å²) in [5.41, 5.74) is 7.92. The number of benzene rings is 2. The summed E-state index contributed by atoms with van der Waals surface area (Å²) in [5.74, 6) is 1.24. The van der Waals surface area contributed by atoms with Crippen molar-refractivity contribution in [2.45, 2.75) is 38.6 Å². The first kappa shape index (κ1) is 22.5. The summed E-state index contributed by atoms with van der Waals surface area (Å²) in [6.07, 6.45) is 7.24. The van der Waals surface area contributed by atoms with Crippen LogP contribution in [0, 0.1) is 0 Å². The molecule has 180 valence electrons. The van der Waals surface area contributed by atoms with Crippen LogP contribution in [-0.4, -0.2) is 46.0 Å². The molecule has 6 nitrogen and oxygen atoms in total. The first-order chi connectivity index (χ1) is 17.2. The molecule has 3 heterocycles. The van der Waals surface area contributed by atoms with Crippen molar-refractivity contribution >= 4 is 34.1 Å². The molecule has 0 spiro atoms. The molecule has 2 aromatic carbocycles. The van der Waals surface area contributed by atoms with E-state index in [-0.39, 0.29) is 0 Å². The normalized spacial score (nSPS) is 16.6. The number of nitrogens with zero attached hydrogens (tertiary/aromatic N) is 3. The van der Waals surface area contributed by atoms with E-state index in [1.54, 1.807) is 6.20 Å². The van der Waals surface area contributed by atoms with Gasteiger partial charge in [0.05, 0.1) is 16.9 Å². The van der Waals surface area contributed by atoms with Crippen LogP contribution in [0.5, 0.6) is 0 Å². The Hall–Kier alpha value is -2.93. The van der Waals surface area contributed by atoms with Crippen molar-refractivity contribution in [2.75, 3.05) is 31.5 Å². The van der Waals surface area contributed by atoms with Gasteiger partial charge in [0.15, 0.2) is 0 Å². The number of aromatic nitrogens is 3. The summed E-state index contributed by atoms with van der Waals surface area (Å²) >= 11 is 6.58. The Labute approximate surface area is 211 Å². The summed E-state index contributed by atoms with van der Waals surface area (Å²) in [6, 6.07) is 13.4. The van der Waals surface area contributed by atoms with E-state index in [1.807, 2.05) is 6.20 Å². The number of nitrogens with one attached hydrogen (secondary N) is 3. The second kappa shape index (κ2) is 9.61. The SMILES string of the molecule is CCc1ccc2c(-c3nc(Nc4cc(CN5CCNCC5)cc(C5CC5)c4)ncc3Cl)c[nH]c2c1. The van der Waals surface area contributed by atoms with Gasteiger partial charge in [0.2, 0.25) is 5.95 Å². The first-order valence-corrected chi connectivity index (χ1v) is 13.0. The zero-order valence-electron chi connectivity index (χ0n) is 20.1. The van der Waals surface area contributed by atoms with Gasteiger partial charge in [-0.25, -0.2) is 9.97 Å². The Morgan fingerprint density at radius 1 is 1.09 bits per heavy atom. The van der Waals surface area contributed by atoms with Crippen LogP contribution in [0.25, 0.3) is 22.2 Å². The van der Waals surface area contributed by atoms with Crippen molar-refractivity contribution in [2.24, 2.45) is 0 Å². The molecule has 1 aliphatic heterocycles. The van der Waals surface area contributed by atoms with Gasteiger partial charge in [0.25, 0.3) is 0 Å².